The van der Waals surface area contributed by atoms with Gasteiger partial charge in [0, 0.05) is 56.4 Å². The molecule has 0 atom stereocenters. The maximum atomic E-state index is 4.38. The van der Waals surface area contributed by atoms with E-state index in [1.54, 1.807) is 0 Å². The van der Waals surface area contributed by atoms with Crippen LogP contribution in [0.5, 0.6) is 0 Å². The first-order valence-electron chi connectivity index (χ1n) is 8.68. The van der Waals surface area contributed by atoms with Gasteiger partial charge >= 0.3 is 0 Å². The summed E-state index contributed by atoms with van der Waals surface area (Å²) in [5, 5.41) is 8.72. The average molecular weight is 358 g/mol. The Balaban J connectivity index is 0.00000182. The fourth-order valence-electron chi connectivity index (χ4n) is 3.36. The van der Waals surface area contributed by atoms with Crippen LogP contribution >= 0.6 is 12.4 Å². The molecule has 6 heteroatoms. The molecule has 0 amide bonds. The monoisotopic (exact) mass is 357 g/mol. The van der Waals surface area contributed by atoms with Gasteiger partial charge in [0.15, 0.2) is 0 Å². The SMILES string of the molecule is Cc1ccccc1N1C=CN(CCc2nnc3n2CCCC3)C=C1.Cl. The van der Waals surface area contributed by atoms with E-state index in [0.29, 0.717) is 0 Å². The number of halogens is 1. The Morgan fingerprint density at radius 3 is 2.60 bits per heavy atom. The molecule has 0 unspecified atom stereocenters. The molecule has 0 saturated carbocycles. The van der Waals surface area contributed by atoms with Crippen molar-refractivity contribution in [1.82, 2.24) is 19.7 Å². The van der Waals surface area contributed by atoms with Crippen molar-refractivity contribution in [3.05, 3.63) is 66.3 Å². The maximum Gasteiger partial charge on any atom is 0.134 e. The molecule has 0 fully saturated rings. The summed E-state index contributed by atoms with van der Waals surface area (Å²) in [6, 6.07) is 8.42. The summed E-state index contributed by atoms with van der Waals surface area (Å²) in [5.41, 5.74) is 2.49. The summed E-state index contributed by atoms with van der Waals surface area (Å²) in [5.74, 6) is 2.28. The van der Waals surface area contributed by atoms with Crippen LogP contribution in [0.4, 0.5) is 5.69 Å². The summed E-state index contributed by atoms with van der Waals surface area (Å²) in [4.78, 5) is 4.37. The van der Waals surface area contributed by atoms with Crippen molar-refractivity contribution >= 4 is 18.1 Å². The minimum atomic E-state index is 0. The van der Waals surface area contributed by atoms with Gasteiger partial charge in [0.1, 0.15) is 11.6 Å². The zero-order chi connectivity index (χ0) is 16.4. The van der Waals surface area contributed by atoms with Crippen LogP contribution in [0.25, 0.3) is 0 Å². The van der Waals surface area contributed by atoms with Crippen molar-refractivity contribution in [3.8, 4) is 0 Å². The van der Waals surface area contributed by atoms with E-state index < -0.39 is 0 Å². The molecule has 2 aliphatic rings. The first kappa shape index (κ1) is 17.5. The molecule has 0 spiro atoms. The standard InChI is InChI=1S/C19H23N5.ClH/c1-16-6-2-3-7-17(16)23-14-12-22(13-15-23)11-9-19-21-20-18-8-4-5-10-24(18)19;/h2-3,6-7,12-15H,4-5,8-11H2,1H3;1H. The molecule has 1 aromatic carbocycles. The van der Waals surface area contributed by atoms with Gasteiger partial charge in [-0.15, -0.1) is 22.6 Å². The molecule has 2 aliphatic heterocycles. The number of fused-ring (bicyclic) bond motifs is 1. The molecule has 132 valence electrons. The number of aromatic nitrogens is 3. The third-order valence-corrected chi connectivity index (χ3v) is 4.76. The lowest BCUT2D eigenvalue weighted by molar-refractivity contribution is 0.467. The van der Waals surface area contributed by atoms with Gasteiger partial charge < -0.3 is 14.4 Å². The highest BCUT2D eigenvalue weighted by Crippen LogP contribution is 2.22. The second-order valence-corrected chi connectivity index (χ2v) is 6.42. The number of anilines is 1. The third-order valence-electron chi connectivity index (χ3n) is 4.76. The largest absolute Gasteiger partial charge is 0.351 e. The minimum Gasteiger partial charge on any atom is -0.351 e. The third kappa shape index (κ3) is 3.71. The van der Waals surface area contributed by atoms with Crippen LogP contribution in [0, 0.1) is 6.92 Å². The smallest absolute Gasteiger partial charge is 0.134 e. The van der Waals surface area contributed by atoms with Crippen LogP contribution in [0.3, 0.4) is 0 Å². The highest BCUT2D eigenvalue weighted by molar-refractivity contribution is 5.85. The number of hydrogen-bond acceptors (Lipinski definition) is 4. The van der Waals surface area contributed by atoms with Gasteiger partial charge in [-0.2, -0.15) is 0 Å². The normalized spacial score (nSPS) is 15.9. The summed E-state index contributed by atoms with van der Waals surface area (Å²) in [6.07, 6.45) is 13.0. The molecule has 0 saturated heterocycles. The van der Waals surface area contributed by atoms with Crippen molar-refractivity contribution in [2.24, 2.45) is 0 Å². The topological polar surface area (TPSA) is 37.2 Å². The minimum absolute atomic E-state index is 0. The molecular formula is C19H24ClN5. The lowest BCUT2D eigenvalue weighted by Gasteiger charge is -2.26. The highest BCUT2D eigenvalue weighted by atomic mass is 35.5. The second-order valence-electron chi connectivity index (χ2n) is 6.42. The predicted octanol–water partition coefficient (Wildman–Crippen LogP) is 3.65. The summed E-state index contributed by atoms with van der Waals surface area (Å²) < 4.78 is 2.31. The Hall–Kier alpha value is -2.27. The van der Waals surface area contributed by atoms with E-state index in [1.165, 1.54) is 24.1 Å². The van der Waals surface area contributed by atoms with Crippen molar-refractivity contribution in [1.29, 1.82) is 0 Å². The Kier molecular flexibility index (Phi) is 5.43. The van der Waals surface area contributed by atoms with E-state index in [1.807, 2.05) is 0 Å². The van der Waals surface area contributed by atoms with Crippen LogP contribution in [0.1, 0.15) is 30.1 Å². The molecule has 5 nitrogen and oxygen atoms in total. The maximum absolute atomic E-state index is 4.38. The van der Waals surface area contributed by atoms with Crippen LogP contribution in [-0.4, -0.2) is 26.2 Å². The summed E-state index contributed by atoms with van der Waals surface area (Å²) in [7, 11) is 0. The van der Waals surface area contributed by atoms with E-state index >= 15 is 0 Å². The second kappa shape index (κ2) is 7.74. The Morgan fingerprint density at radius 1 is 1.00 bits per heavy atom. The molecule has 25 heavy (non-hydrogen) atoms. The first-order chi connectivity index (χ1) is 11.8. The van der Waals surface area contributed by atoms with Gasteiger partial charge in [-0.1, -0.05) is 18.2 Å². The van der Waals surface area contributed by atoms with E-state index in [0.717, 1.165) is 37.6 Å². The van der Waals surface area contributed by atoms with Gasteiger partial charge in [-0.25, -0.2) is 0 Å². The number of nitrogens with zero attached hydrogens (tertiary/aromatic N) is 5. The molecular weight excluding hydrogens is 334 g/mol. The van der Waals surface area contributed by atoms with E-state index in [4.69, 9.17) is 0 Å². The summed E-state index contributed by atoms with van der Waals surface area (Å²) >= 11 is 0. The van der Waals surface area contributed by atoms with Crippen LogP contribution in [0.15, 0.2) is 49.1 Å². The molecule has 0 radical (unpaired) electrons. The van der Waals surface area contributed by atoms with Gasteiger partial charge in [0.2, 0.25) is 0 Å². The molecule has 0 aliphatic carbocycles. The molecule has 0 bridgehead atoms. The summed E-state index contributed by atoms with van der Waals surface area (Å²) in [6.45, 7) is 4.13. The molecule has 1 aromatic heterocycles. The van der Waals surface area contributed by atoms with Crippen molar-refractivity contribution in [2.45, 2.75) is 39.2 Å². The molecule has 2 aromatic rings. The quantitative estimate of drug-likeness (QED) is 0.837. The lowest BCUT2D eigenvalue weighted by atomic mass is 10.1. The molecule has 4 rings (SSSR count). The van der Waals surface area contributed by atoms with Crippen molar-refractivity contribution in [2.75, 3.05) is 11.4 Å². The van der Waals surface area contributed by atoms with Crippen LogP contribution < -0.4 is 4.90 Å². The Labute approximate surface area is 155 Å². The van der Waals surface area contributed by atoms with Gasteiger partial charge in [0.25, 0.3) is 0 Å². The molecule has 0 N–H and O–H groups in total. The highest BCUT2D eigenvalue weighted by Gasteiger charge is 2.16. The Bertz CT molecular complexity index is 766. The van der Waals surface area contributed by atoms with E-state index in [2.05, 4.69) is 80.6 Å². The van der Waals surface area contributed by atoms with E-state index in [9.17, 15) is 0 Å². The average Bonchev–Trinajstić information content (AvgIpc) is 3.04. The van der Waals surface area contributed by atoms with Crippen molar-refractivity contribution < 1.29 is 0 Å². The number of hydrogen-bond donors (Lipinski definition) is 0. The predicted molar refractivity (Wildman–Crippen MR) is 103 cm³/mol. The van der Waals surface area contributed by atoms with Crippen molar-refractivity contribution in [3.63, 3.8) is 0 Å². The molecule has 3 heterocycles. The number of aryl methyl sites for hydroxylation is 2. The van der Waals surface area contributed by atoms with Gasteiger partial charge in [-0.05, 0) is 31.4 Å². The number of para-hydroxylation sites is 1. The Morgan fingerprint density at radius 2 is 1.80 bits per heavy atom. The van der Waals surface area contributed by atoms with Gasteiger partial charge in [-0.3, -0.25) is 0 Å². The fraction of sp³-hybridized carbons (Fsp3) is 0.368. The van der Waals surface area contributed by atoms with E-state index in [-0.39, 0.29) is 12.4 Å². The van der Waals surface area contributed by atoms with Crippen LogP contribution in [0.2, 0.25) is 0 Å². The first-order valence-corrected chi connectivity index (χ1v) is 8.68. The van der Waals surface area contributed by atoms with Gasteiger partial charge in [0.05, 0.1) is 0 Å². The number of benzene rings is 1. The fourth-order valence-corrected chi connectivity index (χ4v) is 3.36. The lowest BCUT2D eigenvalue weighted by Crippen LogP contribution is -2.23. The van der Waals surface area contributed by atoms with Crippen LogP contribution in [-0.2, 0) is 19.4 Å². The zero-order valence-corrected chi connectivity index (χ0v) is 15.3. The zero-order valence-electron chi connectivity index (χ0n) is 14.5. The number of rotatable bonds is 4.